The minimum absolute atomic E-state index is 0.213. The lowest BCUT2D eigenvalue weighted by Gasteiger charge is -2.21. The van der Waals surface area contributed by atoms with Crippen LogP contribution in [0.3, 0.4) is 0 Å². The number of nitrogens with one attached hydrogen (secondary N) is 1. The summed E-state index contributed by atoms with van der Waals surface area (Å²) >= 11 is 0. The quantitative estimate of drug-likeness (QED) is 0.624. The normalized spacial score (nSPS) is 15.8. The van der Waals surface area contributed by atoms with E-state index in [0.717, 1.165) is 30.0 Å². The third-order valence-electron chi connectivity index (χ3n) is 5.28. The van der Waals surface area contributed by atoms with Crippen LogP contribution in [0.5, 0.6) is 5.75 Å². The summed E-state index contributed by atoms with van der Waals surface area (Å²) in [5.74, 6) is 2.11. The van der Waals surface area contributed by atoms with Gasteiger partial charge in [0.25, 0.3) is 0 Å². The smallest absolute Gasteiger partial charge is 0.244 e. The number of aryl methyl sites for hydroxylation is 1. The molecule has 30 heavy (non-hydrogen) atoms. The molecule has 1 aliphatic heterocycles. The van der Waals surface area contributed by atoms with E-state index < -0.39 is 10.0 Å². The molecule has 0 amide bonds. The van der Waals surface area contributed by atoms with Gasteiger partial charge in [0.2, 0.25) is 10.0 Å². The molecule has 1 aromatic carbocycles. The number of ether oxygens (including phenoxy) is 1. The van der Waals surface area contributed by atoms with E-state index in [1.807, 2.05) is 42.1 Å². The van der Waals surface area contributed by atoms with Crippen molar-refractivity contribution in [2.24, 2.45) is 7.05 Å². The molecule has 1 atom stereocenters. The molecule has 1 unspecified atom stereocenters. The molecule has 1 fully saturated rings. The van der Waals surface area contributed by atoms with Crippen LogP contribution in [-0.4, -0.2) is 47.5 Å². The van der Waals surface area contributed by atoms with E-state index in [-0.39, 0.29) is 10.9 Å². The maximum Gasteiger partial charge on any atom is 0.244 e. The summed E-state index contributed by atoms with van der Waals surface area (Å²) in [7, 11) is 0.0703. The molecule has 1 saturated heterocycles. The first kappa shape index (κ1) is 20.4. The molecule has 1 aliphatic rings. The van der Waals surface area contributed by atoms with E-state index in [1.165, 1.54) is 10.5 Å². The molecule has 0 bridgehead atoms. The number of rotatable bonds is 7. The van der Waals surface area contributed by atoms with Gasteiger partial charge in [0, 0.05) is 38.7 Å². The molecule has 4 rings (SSSR count). The fourth-order valence-corrected chi connectivity index (χ4v) is 5.08. The lowest BCUT2D eigenvalue weighted by molar-refractivity contribution is 0.414. The predicted octanol–water partition coefficient (Wildman–Crippen LogP) is 2.81. The van der Waals surface area contributed by atoms with Crippen LogP contribution in [0.4, 0.5) is 5.82 Å². The molecule has 3 aromatic rings. The maximum absolute atomic E-state index is 12.7. The van der Waals surface area contributed by atoms with Gasteiger partial charge in [-0.2, -0.15) is 4.31 Å². The Morgan fingerprint density at radius 3 is 2.57 bits per heavy atom. The van der Waals surface area contributed by atoms with Crippen molar-refractivity contribution in [3.63, 3.8) is 0 Å². The SMILES string of the molecule is COc1cccc(C(Nc2ccc(S(=O)(=O)N3CCCC3)cn2)c2nccn2C)c1. The Labute approximate surface area is 176 Å². The van der Waals surface area contributed by atoms with Crippen LogP contribution in [-0.2, 0) is 17.1 Å². The summed E-state index contributed by atoms with van der Waals surface area (Å²) < 4.78 is 34.3. The van der Waals surface area contributed by atoms with E-state index in [1.54, 1.807) is 25.4 Å². The number of nitrogens with zero attached hydrogens (tertiary/aromatic N) is 4. The van der Waals surface area contributed by atoms with Crippen molar-refractivity contribution in [3.05, 3.63) is 66.4 Å². The van der Waals surface area contributed by atoms with Crippen LogP contribution in [0.2, 0.25) is 0 Å². The lowest BCUT2D eigenvalue weighted by atomic mass is 10.1. The third kappa shape index (κ3) is 4.03. The first-order valence-electron chi connectivity index (χ1n) is 9.83. The van der Waals surface area contributed by atoms with Crippen LogP contribution in [0.1, 0.15) is 30.3 Å². The maximum atomic E-state index is 12.7. The summed E-state index contributed by atoms with van der Waals surface area (Å²) in [6.45, 7) is 1.14. The van der Waals surface area contributed by atoms with E-state index in [0.29, 0.717) is 18.9 Å². The van der Waals surface area contributed by atoms with Crippen molar-refractivity contribution < 1.29 is 13.2 Å². The molecule has 0 aliphatic carbocycles. The fraction of sp³-hybridized carbons (Fsp3) is 0.333. The number of anilines is 1. The van der Waals surface area contributed by atoms with Gasteiger partial charge in [-0.3, -0.25) is 0 Å². The van der Waals surface area contributed by atoms with Crippen molar-refractivity contribution in [2.45, 2.75) is 23.8 Å². The van der Waals surface area contributed by atoms with Gasteiger partial charge in [-0.25, -0.2) is 18.4 Å². The minimum atomic E-state index is -3.48. The first-order valence-corrected chi connectivity index (χ1v) is 11.3. The number of imidazole rings is 1. The number of hydrogen-bond donors (Lipinski definition) is 1. The molecule has 158 valence electrons. The zero-order valence-electron chi connectivity index (χ0n) is 17.0. The van der Waals surface area contributed by atoms with Gasteiger partial charge in [0.15, 0.2) is 0 Å². The van der Waals surface area contributed by atoms with Gasteiger partial charge in [0.05, 0.1) is 7.11 Å². The number of benzene rings is 1. The molecule has 0 radical (unpaired) electrons. The number of methoxy groups -OCH3 is 1. The molecule has 1 N–H and O–H groups in total. The highest BCUT2D eigenvalue weighted by Gasteiger charge is 2.27. The monoisotopic (exact) mass is 427 g/mol. The summed E-state index contributed by atoms with van der Waals surface area (Å²) in [6, 6.07) is 10.7. The highest BCUT2D eigenvalue weighted by atomic mass is 32.2. The van der Waals surface area contributed by atoms with Crippen LogP contribution >= 0.6 is 0 Å². The van der Waals surface area contributed by atoms with E-state index in [9.17, 15) is 8.42 Å². The number of sulfonamides is 1. The van der Waals surface area contributed by atoms with Crippen LogP contribution in [0, 0.1) is 0 Å². The second-order valence-corrected chi connectivity index (χ2v) is 9.18. The number of aromatic nitrogens is 3. The van der Waals surface area contributed by atoms with E-state index in [4.69, 9.17) is 4.74 Å². The molecular weight excluding hydrogens is 402 g/mol. The Bertz CT molecular complexity index is 1110. The van der Waals surface area contributed by atoms with Gasteiger partial charge < -0.3 is 14.6 Å². The van der Waals surface area contributed by atoms with Gasteiger partial charge in [-0.1, -0.05) is 12.1 Å². The minimum Gasteiger partial charge on any atom is -0.497 e. The lowest BCUT2D eigenvalue weighted by Crippen LogP contribution is -2.28. The van der Waals surface area contributed by atoms with Gasteiger partial charge in [-0.15, -0.1) is 0 Å². The Morgan fingerprint density at radius 1 is 1.13 bits per heavy atom. The molecule has 2 aromatic heterocycles. The Hall–Kier alpha value is -2.91. The van der Waals surface area contributed by atoms with Gasteiger partial charge in [0.1, 0.15) is 28.3 Å². The Kier molecular flexibility index (Phi) is 5.74. The van der Waals surface area contributed by atoms with Crippen molar-refractivity contribution in [2.75, 3.05) is 25.5 Å². The molecule has 0 spiro atoms. The standard InChI is InChI=1S/C21H25N5O3S/c1-25-13-10-22-21(25)20(16-6-5-7-17(14-16)29-2)24-19-9-8-18(15-23-19)30(27,28)26-11-3-4-12-26/h5-10,13-15,20H,3-4,11-12H2,1-2H3,(H,23,24). The second-order valence-electron chi connectivity index (χ2n) is 7.24. The first-order chi connectivity index (χ1) is 14.5. The Balaban J connectivity index is 1.62. The summed E-state index contributed by atoms with van der Waals surface area (Å²) in [6.07, 6.45) is 6.83. The van der Waals surface area contributed by atoms with E-state index >= 15 is 0 Å². The van der Waals surface area contributed by atoms with Crippen LogP contribution < -0.4 is 10.1 Å². The number of hydrogen-bond acceptors (Lipinski definition) is 6. The highest BCUT2D eigenvalue weighted by molar-refractivity contribution is 7.89. The van der Waals surface area contributed by atoms with Gasteiger partial charge in [-0.05, 0) is 42.7 Å². The molecular formula is C21H25N5O3S. The summed E-state index contributed by atoms with van der Waals surface area (Å²) in [5, 5.41) is 3.38. The molecule has 0 saturated carbocycles. The van der Waals surface area contributed by atoms with Crippen molar-refractivity contribution in [1.82, 2.24) is 18.8 Å². The average Bonchev–Trinajstić information content (AvgIpc) is 3.45. The largest absolute Gasteiger partial charge is 0.497 e. The zero-order valence-corrected chi connectivity index (χ0v) is 17.8. The average molecular weight is 428 g/mol. The third-order valence-corrected chi connectivity index (χ3v) is 7.16. The molecule has 9 heteroatoms. The van der Waals surface area contributed by atoms with Crippen LogP contribution in [0.15, 0.2) is 59.9 Å². The van der Waals surface area contributed by atoms with Crippen LogP contribution in [0.25, 0.3) is 0 Å². The Morgan fingerprint density at radius 2 is 1.93 bits per heavy atom. The molecule has 3 heterocycles. The predicted molar refractivity (Wildman–Crippen MR) is 114 cm³/mol. The van der Waals surface area contributed by atoms with Crippen molar-refractivity contribution in [3.8, 4) is 5.75 Å². The van der Waals surface area contributed by atoms with Crippen molar-refractivity contribution in [1.29, 1.82) is 0 Å². The highest BCUT2D eigenvalue weighted by Crippen LogP contribution is 2.28. The second kappa shape index (κ2) is 8.45. The summed E-state index contributed by atoms with van der Waals surface area (Å²) in [5.41, 5.74) is 0.958. The number of pyridine rings is 1. The topological polar surface area (TPSA) is 89.3 Å². The van der Waals surface area contributed by atoms with Gasteiger partial charge >= 0.3 is 0 Å². The van der Waals surface area contributed by atoms with Crippen molar-refractivity contribution >= 4 is 15.8 Å². The molecule has 8 nitrogen and oxygen atoms in total. The fourth-order valence-electron chi connectivity index (χ4n) is 3.62. The van der Waals surface area contributed by atoms with E-state index in [2.05, 4.69) is 15.3 Å². The summed E-state index contributed by atoms with van der Waals surface area (Å²) in [4.78, 5) is 9.07. The zero-order chi connectivity index (χ0) is 21.1.